The normalized spacial score (nSPS) is 17.2. The topological polar surface area (TPSA) is 62.1 Å². The van der Waals surface area contributed by atoms with Crippen molar-refractivity contribution in [1.29, 1.82) is 0 Å². The third kappa shape index (κ3) is 5.27. The molecule has 1 amide bonds. The fourth-order valence-electron chi connectivity index (χ4n) is 2.77. The SMILES string of the molecule is CC(C)(C)OC(=O)N1CCC(C/C(=N\O)c2ccccc2)CC1. The predicted octanol–water partition coefficient (Wildman–Crippen LogP) is 3.90. The van der Waals surface area contributed by atoms with E-state index in [0.29, 0.717) is 24.7 Å². The van der Waals surface area contributed by atoms with Crippen molar-refractivity contribution in [2.24, 2.45) is 11.1 Å². The van der Waals surface area contributed by atoms with E-state index in [0.717, 1.165) is 24.8 Å². The van der Waals surface area contributed by atoms with Gasteiger partial charge in [-0.1, -0.05) is 35.5 Å². The lowest BCUT2D eigenvalue weighted by Gasteiger charge is -2.33. The fraction of sp³-hybridized carbons (Fsp3) is 0.556. The van der Waals surface area contributed by atoms with Crippen molar-refractivity contribution < 1.29 is 14.7 Å². The predicted molar refractivity (Wildman–Crippen MR) is 89.9 cm³/mol. The molecule has 0 bridgehead atoms. The highest BCUT2D eigenvalue weighted by atomic mass is 16.6. The molecule has 0 spiro atoms. The van der Waals surface area contributed by atoms with E-state index in [1.54, 1.807) is 4.90 Å². The van der Waals surface area contributed by atoms with Crippen LogP contribution in [-0.2, 0) is 4.74 Å². The third-order valence-electron chi connectivity index (χ3n) is 3.98. The molecule has 0 atom stereocenters. The first-order chi connectivity index (χ1) is 10.9. The second kappa shape index (κ2) is 7.49. The zero-order chi connectivity index (χ0) is 16.9. The Bertz CT molecular complexity index is 541. The molecular weight excluding hydrogens is 292 g/mol. The van der Waals surface area contributed by atoms with Crippen LogP contribution in [0.15, 0.2) is 35.5 Å². The van der Waals surface area contributed by atoms with Gasteiger partial charge < -0.3 is 14.8 Å². The molecule has 1 heterocycles. The first-order valence-electron chi connectivity index (χ1n) is 8.13. The summed E-state index contributed by atoms with van der Waals surface area (Å²) < 4.78 is 5.41. The highest BCUT2D eigenvalue weighted by Crippen LogP contribution is 2.24. The molecule has 0 radical (unpaired) electrons. The number of amides is 1. The highest BCUT2D eigenvalue weighted by Gasteiger charge is 2.27. The summed E-state index contributed by atoms with van der Waals surface area (Å²) in [7, 11) is 0. The number of oxime groups is 1. The zero-order valence-corrected chi connectivity index (χ0v) is 14.2. The number of hydrogen-bond donors (Lipinski definition) is 1. The second-order valence-electron chi connectivity index (χ2n) is 7.03. The number of carbonyl (C=O) groups is 1. The molecule has 0 aromatic heterocycles. The summed E-state index contributed by atoms with van der Waals surface area (Å²) in [5.41, 5.74) is 1.20. The maximum Gasteiger partial charge on any atom is 0.410 e. The Morgan fingerprint density at radius 1 is 1.26 bits per heavy atom. The van der Waals surface area contributed by atoms with Gasteiger partial charge in [0.1, 0.15) is 5.60 Å². The fourth-order valence-corrected chi connectivity index (χ4v) is 2.77. The van der Waals surface area contributed by atoms with E-state index < -0.39 is 5.60 Å². The quantitative estimate of drug-likeness (QED) is 0.522. The van der Waals surface area contributed by atoms with Crippen LogP contribution in [0.4, 0.5) is 4.79 Å². The standard InChI is InChI=1S/C18H26N2O3/c1-18(2,3)23-17(21)20-11-9-14(10-12-20)13-16(19-22)15-7-5-4-6-8-15/h4-8,14,22H,9-13H2,1-3H3/b19-16+. The van der Waals surface area contributed by atoms with Gasteiger partial charge in [-0.3, -0.25) is 0 Å². The van der Waals surface area contributed by atoms with Gasteiger partial charge in [-0.05, 0) is 51.5 Å². The average Bonchev–Trinajstić information content (AvgIpc) is 2.52. The molecule has 0 aliphatic carbocycles. The summed E-state index contributed by atoms with van der Waals surface area (Å²) in [6, 6.07) is 9.71. The Hall–Kier alpha value is -2.04. The monoisotopic (exact) mass is 318 g/mol. The molecule has 126 valence electrons. The van der Waals surface area contributed by atoms with E-state index in [1.807, 2.05) is 51.1 Å². The highest BCUT2D eigenvalue weighted by molar-refractivity contribution is 6.00. The first-order valence-corrected chi connectivity index (χ1v) is 8.13. The Labute approximate surface area is 137 Å². The van der Waals surface area contributed by atoms with Gasteiger partial charge in [-0.15, -0.1) is 0 Å². The Kier molecular flexibility index (Phi) is 5.64. The molecule has 1 saturated heterocycles. The van der Waals surface area contributed by atoms with Crippen LogP contribution in [0.3, 0.4) is 0 Å². The number of hydrogen-bond acceptors (Lipinski definition) is 4. The molecule has 0 unspecified atom stereocenters. The van der Waals surface area contributed by atoms with Gasteiger partial charge in [-0.25, -0.2) is 4.79 Å². The summed E-state index contributed by atoms with van der Waals surface area (Å²) in [5, 5.41) is 12.7. The molecule has 1 aromatic carbocycles. The largest absolute Gasteiger partial charge is 0.444 e. The van der Waals surface area contributed by atoms with Crippen LogP contribution < -0.4 is 0 Å². The molecule has 23 heavy (non-hydrogen) atoms. The van der Waals surface area contributed by atoms with E-state index in [9.17, 15) is 10.0 Å². The first kappa shape index (κ1) is 17.3. The van der Waals surface area contributed by atoms with Crippen LogP contribution in [0.1, 0.15) is 45.6 Å². The van der Waals surface area contributed by atoms with E-state index in [4.69, 9.17) is 4.74 Å². The zero-order valence-electron chi connectivity index (χ0n) is 14.2. The lowest BCUT2D eigenvalue weighted by Crippen LogP contribution is -2.42. The van der Waals surface area contributed by atoms with Gasteiger partial charge in [-0.2, -0.15) is 0 Å². The van der Waals surface area contributed by atoms with E-state index >= 15 is 0 Å². The Morgan fingerprint density at radius 3 is 2.39 bits per heavy atom. The number of carbonyl (C=O) groups excluding carboxylic acids is 1. The molecule has 1 fully saturated rings. The van der Waals surface area contributed by atoms with Crippen molar-refractivity contribution in [2.45, 2.75) is 45.6 Å². The van der Waals surface area contributed by atoms with Crippen molar-refractivity contribution in [2.75, 3.05) is 13.1 Å². The molecule has 1 aliphatic rings. The van der Waals surface area contributed by atoms with E-state index in [2.05, 4.69) is 5.16 Å². The van der Waals surface area contributed by atoms with Gasteiger partial charge in [0.25, 0.3) is 0 Å². The number of piperidine rings is 1. The van der Waals surface area contributed by atoms with Gasteiger partial charge in [0, 0.05) is 13.1 Å². The number of nitrogens with zero attached hydrogens (tertiary/aromatic N) is 2. The van der Waals surface area contributed by atoms with Crippen LogP contribution in [0, 0.1) is 5.92 Å². The Balaban J connectivity index is 1.86. The molecule has 1 aliphatic heterocycles. The number of benzene rings is 1. The summed E-state index contributed by atoms with van der Waals surface area (Å²) in [5.74, 6) is 0.416. The molecule has 0 saturated carbocycles. The molecular formula is C18H26N2O3. The van der Waals surface area contributed by atoms with Crippen molar-refractivity contribution in [1.82, 2.24) is 4.90 Å². The Morgan fingerprint density at radius 2 is 1.87 bits per heavy atom. The van der Waals surface area contributed by atoms with Crippen LogP contribution in [-0.4, -0.2) is 40.6 Å². The number of likely N-dealkylation sites (tertiary alicyclic amines) is 1. The van der Waals surface area contributed by atoms with Gasteiger partial charge in [0.05, 0.1) is 5.71 Å². The molecule has 1 aromatic rings. The van der Waals surface area contributed by atoms with Gasteiger partial charge in [0.15, 0.2) is 0 Å². The van der Waals surface area contributed by atoms with Crippen LogP contribution in [0.25, 0.3) is 0 Å². The lowest BCUT2D eigenvalue weighted by atomic mass is 9.89. The minimum atomic E-state index is -0.460. The molecule has 1 N–H and O–H groups in total. The summed E-state index contributed by atoms with van der Waals surface area (Å²) in [6.07, 6.45) is 2.27. The smallest absolute Gasteiger partial charge is 0.410 e. The lowest BCUT2D eigenvalue weighted by molar-refractivity contribution is 0.0186. The van der Waals surface area contributed by atoms with E-state index in [-0.39, 0.29) is 6.09 Å². The molecule has 5 nitrogen and oxygen atoms in total. The summed E-state index contributed by atoms with van der Waals surface area (Å²) in [4.78, 5) is 13.8. The summed E-state index contributed by atoms with van der Waals surface area (Å²) >= 11 is 0. The van der Waals surface area contributed by atoms with Crippen molar-refractivity contribution in [3.63, 3.8) is 0 Å². The third-order valence-corrected chi connectivity index (χ3v) is 3.98. The maximum atomic E-state index is 12.1. The maximum absolute atomic E-state index is 12.1. The van der Waals surface area contributed by atoms with E-state index in [1.165, 1.54) is 0 Å². The van der Waals surface area contributed by atoms with Crippen molar-refractivity contribution in [3.05, 3.63) is 35.9 Å². The van der Waals surface area contributed by atoms with Crippen molar-refractivity contribution >= 4 is 11.8 Å². The summed E-state index contributed by atoms with van der Waals surface area (Å²) in [6.45, 7) is 7.00. The molecule has 5 heteroatoms. The minimum absolute atomic E-state index is 0.241. The molecule has 2 rings (SSSR count). The van der Waals surface area contributed by atoms with Gasteiger partial charge >= 0.3 is 6.09 Å². The number of ether oxygens (including phenoxy) is 1. The number of rotatable bonds is 3. The van der Waals surface area contributed by atoms with Crippen LogP contribution >= 0.6 is 0 Å². The van der Waals surface area contributed by atoms with Gasteiger partial charge in [0.2, 0.25) is 0 Å². The van der Waals surface area contributed by atoms with Crippen LogP contribution in [0.2, 0.25) is 0 Å². The minimum Gasteiger partial charge on any atom is -0.444 e. The van der Waals surface area contributed by atoms with Crippen molar-refractivity contribution in [3.8, 4) is 0 Å². The van der Waals surface area contributed by atoms with Crippen LogP contribution in [0.5, 0.6) is 0 Å². The average molecular weight is 318 g/mol. The second-order valence-corrected chi connectivity index (χ2v) is 7.03.